The van der Waals surface area contributed by atoms with Crippen molar-refractivity contribution in [3.63, 3.8) is 0 Å². The summed E-state index contributed by atoms with van der Waals surface area (Å²) in [4.78, 5) is 1.18. The van der Waals surface area contributed by atoms with E-state index in [1.165, 1.54) is 18.1 Å². The molecule has 0 aliphatic carbocycles. The second-order valence-electron chi connectivity index (χ2n) is 5.04. The summed E-state index contributed by atoms with van der Waals surface area (Å²) >= 11 is 1.68. The fourth-order valence-electron chi connectivity index (χ4n) is 2.48. The summed E-state index contributed by atoms with van der Waals surface area (Å²) in [6.07, 6.45) is 2.03. The number of aromatic nitrogens is 1. The van der Waals surface area contributed by atoms with Crippen molar-refractivity contribution in [2.45, 2.75) is 11.8 Å². The van der Waals surface area contributed by atoms with E-state index in [0.717, 1.165) is 11.1 Å². The molecule has 0 amide bonds. The monoisotopic (exact) mass is 329 g/mol. The highest BCUT2D eigenvalue weighted by atomic mass is 32.2. The van der Waals surface area contributed by atoms with Gasteiger partial charge in [-0.15, -0.1) is 11.8 Å². The molecular formula is C18H16FNO2S. The first-order valence-corrected chi connectivity index (χ1v) is 8.31. The number of halogens is 1. The van der Waals surface area contributed by atoms with Crippen LogP contribution in [0.15, 0.2) is 51.9 Å². The van der Waals surface area contributed by atoms with Gasteiger partial charge in [-0.1, -0.05) is 17.3 Å². The van der Waals surface area contributed by atoms with Crippen LogP contribution >= 0.6 is 11.8 Å². The number of thioether (sulfide) groups is 1. The Bertz CT molecular complexity index is 828. The summed E-state index contributed by atoms with van der Waals surface area (Å²) in [6, 6.07) is 12.9. The SMILES string of the molecule is COc1ccc(-c2noc(C)c2-c2ccc(SC)cc2)cc1F. The first-order chi connectivity index (χ1) is 11.1. The molecule has 3 nitrogen and oxygen atoms in total. The molecule has 0 unspecified atom stereocenters. The molecule has 0 fully saturated rings. The molecule has 1 heterocycles. The minimum Gasteiger partial charge on any atom is -0.494 e. The first-order valence-electron chi connectivity index (χ1n) is 7.08. The Morgan fingerprint density at radius 3 is 2.39 bits per heavy atom. The molecule has 118 valence electrons. The van der Waals surface area contributed by atoms with Crippen LogP contribution in [0.25, 0.3) is 22.4 Å². The van der Waals surface area contributed by atoms with Gasteiger partial charge in [0, 0.05) is 10.5 Å². The molecular weight excluding hydrogens is 313 g/mol. The summed E-state index contributed by atoms with van der Waals surface area (Å²) in [5.41, 5.74) is 3.15. The lowest BCUT2D eigenvalue weighted by molar-refractivity contribution is 0.386. The van der Waals surface area contributed by atoms with Gasteiger partial charge in [-0.3, -0.25) is 0 Å². The topological polar surface area (TPSA) is 35.3 Å². The lowest BCUT2D eigenvalue weighted by Crippen LogP contribution is -1.90. The Balaban J connectivity index is 2.09. The Hall–Kier alpha value is -2.27. The first kappa shape index (κ1) is 15.6. The number of methoxy groups -OCH3 is 1. The molecule has 0 atom stereocenters. The maximum atomic E-state index is 14.0. The van der Waals surface area contributed by atoms with Gasteiger partial charge in [0.15, 0.2) is 11.6 Å². The third-order valence-corrected chi connectivity index (χ3v) is 4.41. The highest BCUT2D eigenvalue weighted by Gasteiger charge is 2.18. The molecule has 0 saturated carbocycles. The van der Waals surface area contributed by atoms with Crippen molar-refractivity contribution in [1.82, 2.24) is 5.16 Å². The van der Waals surface area contributed by atoms with Crippen LogP contribution < -0.4 is 4.74 Å². The van der Waals surface area contributed by atoms with Gasteiger partial charge < -0.3 is 9.26 Å². The van der Waals surface area contributed by atoms with Gasteiger partial charge >= 0.3 is 0 Å². The average molecular weight is 329 g/mol. The van der Waals surface area contributed by atoms with Crippen molar-refractivity contribution in [3.8, 4) is 28.1 Å². The zero-order valence-corrected chi connectivity index (χ0v) is 13.9. The van der Waals surface area contributed by atoms with Crippen LogP contribution in [-0.2, 0) is 0 Å². The number of hydrogen-bond acceptors (Lipinski definition) is 4. The Morgan fingerprint density at radius 1 is 1.09 bits per heavy atom. The number of ether oxygens (including phenoxy) is 1. The summed E-state index contributed by atoms with van der Waals surface area (Å²) in [5, 5.41) is 4.11. The molecule has 0 N–H and O–H groups in total. The molecule has 0 spiro atoms. The van der Waals surface area contributed by atoms with E-state index in [0.29, 0.717) is 17.0 Å². The molecule has 23 heavy (non-hydrogen) atoms. The van der Waals surface area contributed by atoms with Gasteiger partial charge in [0.2, 0.25) is 0 Å². The second-order valence-corrected chi connectivity index (χ2v) is 5.92. The van der Waals surface area contributed by atoms with Crippen LogP contribution in [0.4, 0.5) is 4.39 Å². The van der Waals surface area contributed by atoms with Crippen LogP contribution in [0.2, 0.25) is 0 Å². The van der Waals surface area contributed by atoms with E-state index in [1.807, 2.05) is 37.4 Å². The molecule has 1 aromatic heterocycles. The average Bonchev–Trinajstić information content (AvgIpc) is 2.96. The van der Waals surface area contributed by atoms with Gasteiger partial charge in [0.25, 0.3) is 0 Å². The van der Waals surface area contributed by atoms with Crippen molar-refractivity contribution < 1.29 is 13.7 Å². The Kier molecular flexibility index (Phi) is 4.39. The van der Waals surface area contributed by atoms with Crippen molar-refractivity contribution in [1.29, 1.82) is 0 Å². The quantitative estimate of drug-likeness (QED) is 0.617. The van der Waals surface area contributed by atoms with Crippen LogP contribution in [0.3, 0.4) is 0 Å². The van der Waals surface area contributed by atoms with Crippen LogP contribution in [0.1, 0.15) is 5.76 Å². The summed E-state index contributed by atoms with van der Waals surface area (Å²) < 4.78 is 24.3. The van der Waals surface area contributed by atoms with Crippen molar-refractivity contribution in [3.05, 3.63) is 54.0 Å². The van der Waals surface area contributed by atoms with Crippen molar-refractivity contribution in [2.75, 3.05) is 13.4 Å². The molecule has 3 rings (SSSR count). The van der Waals surface area contributed by atoms with Gasteiger partial charge in [-0.05, 0) is 49.1 Å². The maximum absolute atomic E-state index is 14.0. The molecule has 2 aromatic carbocycles. The number of nitrogens with zero attached hydrogens (tertiary/aromatic N) is 1. The van der Waals surface area contributed by atoms with Crippen LogP contribution in [0.5, 0.6) is 5.75 Å². The van der Waals surface area contributed by atoms with E-state index >= 15 is 0 Å². The zero-order valence-electron chi connectivity index (χ0n) is 13.1. The van der Waals surface area contributed by atoms with E-state index in [-0.39, 0.29) is 5.75 Å². The third kappa shape index (κ3) is 2.97. The van der Waals surface area contributed by atoms with E-state index < -0.39 is 5.82 Å². The van der Waals surface area contributed by atoms with Crippen LogP contribution in [0, 0.1) is 12.7 Å². The lowest BCUT2D eigenvalue weighted by atomic mass is 9.99. The molecule has 0 aliphatic heterocycles. The Labute approximate surface area is 138 Å². The predicted molar refractivity (Wildman–Crippen MR) is 90.4 cm³/mol. The van der Waals surface area contributed by atoms with E-state index in [4.69, 9.17) is 9.26 Å². The summed E-state index contributed by atoms with van der Waals surface area (Å²) in [5.74, 6) is 0.488. The molecule has 0 aliphatic rings. The normalized spacial score (nSPS) is 10.8. The van der Waals surface area contributed by atoms with Crippen molar-refractivity contribution in [2.24, 2.45) is 0 Å². The van der Waals surface area contributed by atoms with Gasteiger partial charge in [-0.2, -0.15) is 0 Å². The van der Waals surface area contributed by atoms with Gasteiger partial charge in [0.1, 0.15) is 11.5 Å². The maximum Gasteiger partial charge on any atom is 0.165 e. The highest BCUT2D eigenvalue weighted by Crippen LogP contribution is 2.36. The van der Waals surface area contributed by atoms with Gasteiger partial charge in [0.05, 0.1) is 12.7 Å². The third-order valence-electron chi connectivity index (χ3n) is 3.67. The van der Waals surface area contributed by atoms with E-state index in [1.54, 1.807) is 23.9 Å². The van der Waals surface area contributed by atoms with E-state index in [9.17, 15) is 4.39 Å². The minimum absolute atomic E-state index is 0.208. The standard InChI is InChI=1S/C18H16FNO2S/c1-11-17(12-4-7-14(23-3)8-5-12)18(20-22-11)13-6-9-16(21-2)15(19)10-13/h4-10H,1-3H3. The number of aryl methyl sites for hydroxylation is 1. The predicted octanol–water partition coefficient (Wildman–Crippen LogP) is 5.19. The minimum atomic E-state index is -0.422. The second kappa shape index (κ2) is 6.46. The number of rotatable bonds is 4. The molecule has 3 aromatic rings. The Morgan fingerprint density at radius 2 is 1.78 bits per heavy atom. The van der Waals surface area contributed by atoms with Crippen molar-refractivity contribution >= 4 is 11.8 Å². The fraction of sp³-hybridized carbons (Fsp3) is 0.167. The number of hydrogen-bond donors (Lipinski definition) is 0. The van der Waals surface area contributed by atoms with Gasteiger partial charge in [-0.25, -0.2) is 4.39 Å². The lowest BCUT2D eigenvalue weighted by Gasteiger charge is -2.06. The molecule has 0 saturated heterocycles. The molecule has 0 radical (unpaired) electrons. The number of benzene rings is 2. The molecule has 5 heteroatoms. The summed E-state index contributed by atoms with van der Waals surface area (Å²) in [6.45, 7) is 1.86. The largest absolute Gasteiger partial charge is 0.494 e. The fourth-order valence-corrected chi connectivity index (χ4v) is 2.89. The smallest absolute Gasteiger partial charge is 0.165 e. The zero-order chi connectivity index (χ0) is 16.4. The highest BCUT2D eigenvalue weighted by molar-refractivity contribution is 7.98. The van der Waals surface area contributed by atoms with E-state index in [2.05, 4.69) is 5.16 Å². The molecule has 0 bridgehead atoms. The summed E-state index contributed by atoms with van der Waals surface area (Å²) in [7, 11) is 1.44. The van der Waals surface area contributed by atoms with Crippen LogP contribution in [-0.4, -0.2) is 18.5 Å².